The Hall–Kier alpha value is -1.82. The van der Waals surface area contributed by atoms with Crippen molar-refractivity contribution in [3.8, 4) is 0 Å². The highest BCUT2D eigenvalue weighted by Crippen LogP contribution is 2.21. The van der Waals surface area contributed by atoms with Crippen LogP contribution in [0.2, 0.25) is 0 Å². The summed E-state index contributed by atoms with van der Waals surface area (Å²) in [6, 6.07) is 3.76. The van der Waals surface area contributed by atoms with Crippen molar-refractivity contribution in [2.45, 2.75) is 10.9 Å². The SMILES string of the molecule is O=C(O)c1ccc(F)c(CSc2ncc[nH]2)c1. The molecule has 2 aromatic rings. The molecule has 17 heavy (non-hydrogen) atoms. The second-order valence-electron chi connectivity index (χ2n) is 3.29. The number of imidazole rings is 1. The van der Waals surface area contributed by atoms with Crippen molar-refractivity contribution in [2.75, 3.05) is 0 Å². The van der Waals surface area contributed by atoms with E-state index < -0.39 is 11.8 Å². The molecule has 0 saturated heterocycles. The summed E-state index contributed by atoms with van der Waals surface area (Å²) in [6.07, 6.45) is 3.28. The smallest absolute Gasteiger partial charge is 0.335 e. The fourth-order valence-corrected chi connectivity index (χ4v) is 2.09. The molecule has 0 radical (unpaired) electrons. The number of H-pyrrole nitrogens is 1. The number of halogens is 1. The van der Waals surface area contributed by atoms with Crippen molar-refractivity contribution in [2.24, 2.45) is 0 Å². The molecular formula is C11H9FN2O2S. The molecule has 0 aliphatic rings. The van der Waals surface area contributed by atoms with Gasteiger partial charge in [-0.05, 0) is 23.8 Å². The molecule has 88 valence electrons. The van der Waals surface area contributed by atoms with E-state index in [9.17, 15) is 9.18 Å². The van der Waals surface area contributed by atoms with E-state index in [1.807, 2.05) is 0 Å². The van der Waals surface area contributed by atoms with Crippen LogP contribution in [0.3, 0.4) is 0 Å². The highest BCUT2D eigenvalue weighted by molar-refractivity contribution is 7.98. The van der Waals surface area contributed by atoms with E-state index >= 15 is 0 Å². The van der Waals surface area contributed by atoms with E-state index in [2.05, 4.69) is 9.97 Å². The Labute approximate surface area is 101 Å². The van der Waals surface area contributed by atoms with Crippen LogP contribution in [0.1, 0.15) is 15.9 Å². The van der Waals surface area contributed by atoms with Gasteiger partial charge in [0.25, 0.3) is 0 Å². The maximum atomic E-state index is 13.4. The molecule has 0 bridgehead atoms. The van der Waals surface area contributed by atoms with Crippen molar-refractivity contribution in [1.29, 1.82) is 0 Å². The molecule has 4 nitrogen and oxygen atoms in total. The quantitative estimate of drug-likeness (QED) is 0.821. The summed E-state index contributed by atoms with van der Waals surface area (Å²) in [5.74, 6) is -1.14. The lowest BCUT2D eigenvalue weighted by Crippen LogP contribution is -1.99. The maximum absolute atomic E-state index is 13.4. The number of rotatable bonds is 4. The standard InChI is InChI=1S/C11H9FN2O2S/c12-9-2-1-7(10(15)16)5-8(9)6-17-11-13-3-4-14-11/h1-5H,6H2,(H,13,14)(H,15,16). The van der Waals surface area contributed by atoms with Crippen LogP contribution in [0.25, 0.3) is 0 Å². The summed E-state index contributed by atoms with van der Waals surface area (Å²) < 4.78 is 13.4. The highest BCUT2D eigenvalue weighted by Gasteiger charge is 2.09. The van der Waals surface area contributed by atoms with Gasteiger partial charge in [-0.3, -0.25) is 0 Å². The predicted octanol–water partition coefficient (Wildman–Crippen LogP) is 2.54. The van der Waals surface area contributed by atoms with Crippen LogP contribution in [-0.4, -0.2) is 21.0 Å². The van der Waals surface area contributed by atoms with Gasteiger partial charge in [-0.1, -0.05) is 11.8 Å². The molecule has 0 saturated carbocycles. The summed E-state index contributed by atoms with van der Waals surface area (Å²) in [5.41, 5.74) is 0.438. The molecule has 1 aromatic heterocycles. The molecular weight excluding hydrogens is 243 g/mol. The number of nitrogens with zero attached hydrogens (tertiary/aromatic N) is 1. The predicted molar refractivity (Wildman–Crippen MR) is 61.5 cm³/mol. The van der Waals surface area contributed by atoms with E-state index in [4.69, 9.17) is 5.11 Å². The second-order valence-corrected chi connectivity index (χ2v) is 4.26. The highest BCUT2D eigenvalue weighted by atomic mass is 32.2. The van der Waals surface area contributed by atoms with E-state index in [1.165, 1.54) is 30.0 Å². The van der Waals surface area contributed by atoms with Crippen molar-refractivity contribution in [1.82, 2.24) is 9.97 Å². The number of benzene rings is 1. The van der Waals surface area contributed by atoms with Gasteiger partial charge in [0.05, 0.1) is 5.56 Å². The average Bonchev–Trinajstić information content (AvgIpc) is 2.80. The molecule has 0 aliphatic carbocycles. The fourth-order valence-electron chi connectivity index (χ4n) is 1.29. The lowest BCUT2D eigenvalue weighted by molar-refractivity contribution is 0.0696. The van der Waals surface area contributed by atoms with Crippen LogP contribution in [0.4, 0.5) is 4.39 Å². The summed E-state index contributed by atoms with van der Waals surface area (Å²) in [7, 11) is 0. The first kappa shape index (κ1) is 11.7. The van der Waals surface area contributed by atoms with Crippen molar-refractivity contribution in [3.05, 3.63) is 47.5 Å². The Morgan fingerprint density at radius 3 is 3.00 bits per heavy atom. The molecule has 0 unspecified atom stereocenters. The van der Waals surface area contributed by atoms with Gasteiger partial charge >= 0.3 is 5.97 Å². The van der Waals surface area contributed by atoms with Crippen molar-refractivity contribution >= 4 is 17.7 Å². The zero-order valence-corrected chi connectivity index (χ0v) is 9.50. The minimum Gasteiger partial charge on any atom is -0.478 e. The first-order valence-electron chi connectivity index (χ1n) is 4.80. The molecule has 0 aliphatic heterocycles. The minimum atomic E-state index is -1.06. The number of hydrogen-bond acceptors (Lipinski definition) is 3. The van der Waals surface area contributed by atoms with E-state index in [0.29, 0.717) is 16.5 Å². The number of hydrogen-bond donors (Lipinski definition) is 2. The normalized spacial score (nSPS) is 10.4. The molecule has 0 atom stereocenters. The van der Waals surface area contributed by atoms with E-state index in [1.54, 1.807) is 12.4 Å². The van der Waals surface area contributed by atoms with Gasteiger partial charge in [0.15, 0.2) is 5.16 Å². The van der Waals surface area contributed by atoms with Crippen LogP contribution in [-0.2, 0) is 5.75 Å². The molecule has 1 heterocycles. The minimum absolute atomic E-state index is 0.0847. The number of carbonyl (C=O) groups is 1. The first-order chi connectivity index (χ1) is 8.16. The van der Waals surface area contributed by atoms with Crippen LogP contribution in [0, 0.1) is 5.82 Å². The average molecular weight is 252 g/mol. The Bertz CT molecular complexity index is 528. The number of aromatic amines is 1. The Morgan fingerprint density at radius 2 is 2.35 bits per heavy atom. The molecule has 2 rings (SSSR count). The monoisotopic (exact) mass is 252 g/mol. The summed E-state index contributed by atoms with van der Waals surface area (Å²) in [6.45, 7) is 0. The number of carboxylic acid groups (broad SMARTS) is 1. The van der Waals surface area contributed by atoms with Gasteiger partial charge in [0.2, 0.25) is 0 Å². The van der Waals surface area contributed by atoms with Gasteiger partial charge in [0, 0.05) is 18.1 Å². The third-order valence-electron chi connectivity index (χ3n) is 2.13. The van der Waals surface area contributed by atoms with Crippen molar-refractivity contribution in [3.63, 3.8) is 0 Å². The van der Waals surface area contributed by atoms with E-state index in [-0.39, 0.29) is 5.56 Å². The van der Waals surface area contributed by atoms with Crippen LogP contribution in [0.5, 0.6) is 0 Å². The fraction of sp³-hybridized carbons (Fsp3) is 0.0909. The largest absolute Gasteiger partial charge is 0.478 e. The first-order valence-corrected chi connectivity index (χ1v) is 5.79. The molecule has 0 amide bonds. The molecule has 0 fully saturated rings. The Kier molecular flexibility index (Phi) is 3.43. The lowest BCUT2D eigenvalue weighted by atomic mass is 10.1. The summed E-state index contributed by atoms with van der Waals surface area (Å²) in [4.78, 5) is 17.6. The lowest BCUT2D eigenvalue weighted by Gasteiger charge is -2.03. The summed E-state index contributed by atoms with van der Waals surface area (Å²) >= 11 is 1.32. The molecule has 2 N–H and O–H groups in total. The zero-order chi connectivity index (χ0) is 12.3. The van der Waals surface area contributed by atoms with Gasteiger partial charge in [-0.15, -0.1) is 0 Å². The van der Waals surface area contributed by atoms with Gasteiger partial charge in [-0.25, -0.2) is 14.2 Å². The van der Waals surface area contributed by atoms with Crippen LogP contribution in [0.15, 0.2) is 35.7 Å². The summed E-state index contributed by atoms with van der Waals surface area (Å²) in [5, 5.41) is 9.48. The maximum Gasteiger partial charge on any atom is 0.335 e. The van der Waals surface area contributed by atoms with Crippen LogP contribution < -0.4 is 0 Å². The molecule has 0 spiro atoms. The Morgan fingerprint density at radius 1 is 1.53 bits per heavy atom. The molecule has 6 heteroatoms. The number of aromatic carboxylic acids is 1. The topological polar surface area (TPSA) is 66.0 Å². The third-order valence-corrected chi connectivity index (χ3v) is 3.08. The third kappa shape index (κ3) is 2.85. The Balaban J connectivity index is 2.14. The van der Waals surface area contributed by atoms with Gasteiger partial charge in [0.1, 0.15) is 5.82 Å². The number of nitrogens with one attached hydrogen (secondary N) is 1. The van der Waals surface area contributed by atoms with Gasteiger partial charge < -0.3 is 10.1 Å². The number of thioether (sulfide) groups is 1. The van der Waals surface area contributed by atoms with Gasteiger partial charge in [-0.2, -0.15) is 0 Å². The number of aromatic nitrogens is 2. The second kappa shape index (κ2) is 5.01. The zero-order valence-electron chi connectivity index (χ0n) is 8.68. The molecule has 1 aromatic carbocycles. The van der Waals surface area contributed by atoms with Crippen LogP contribution >= 0.6 is 11.8 Å². The van der Waals surface area contributed by atoms with Crippen molar-refractivity contribution < 1.29 is 14.3 Å². The van der Waals surface area contributed by atoms with E-state index in [0.717, 1.165) is 0 Å². The number of carboxylic acids is 1.